The molecule has 3 aromatic rings. The summed E-state index contributed by atoms with van der Waals surface area (Å²) in [5.74, 6) is -2.15. The summed E-state index contributed by atoms with van der Waals surface area (Å²) in [6.45, 7) is 3.81. The Morgan fingerprint density at radius 2 is 1.50 bits per heavy atom. The van der Waals surface area contributed by atoms with Crippen LogP contribution in [0.5, 0.6) is 0 Å². The molecule has 5 nitrogen and oxygen atoms in total. The maximum Gasteiger partial charge on any atom is 0.416 e. The first-order valence-electron chi connectivity index (χ1n) is 14.9. The Morgan fingerprint density at radius 1 is 0.913 bits per heavy atom. The zero-order valence-electron chi connectivity index (χ0n) is 25.4. The van der Waals surface area contributed by atoms with Crippen molar-refractivity contribution in [3.63, 3.8) is 0 Å². The van der Waals surface area contributed by atoms with E-state index in [2.05, 4.69) is 10.3 Å². The van der Waals surface area contributed by atoms with E-state index in [0.29, 0.717) is 40.9 Å². The number of ketones is 1. The third-order valence-electron chi connectivity index (χ3n) is 9.74. The van der Waals surface area contributed by atoms with Gasteiger partial charge in [-0.2, -0.15) is 26.3 Å². The molecular formula is C34H33F7N2O3. The van der Waals surface area contributed by atoms with Crippen LogP contribution in [0.3, 0.4) is 0 Å². The van der Waals surface area contributed by atoms with Crippen LogP contribution in [0, 0.1) is 24.1 Å². The smallest absolute Gasteiger partial charge is 0.416 e. The number of rotatable bonds is 8. The average Bonchev–Trinajstić information content (AvgIpc) is 3.68. The predicted molar refractivity (Wildman–Crippen MR) is 157 cm³/mol. The topological polar surface area (TPSA) is 79.3 Å². The van der Waals surface area contributed by atoms with Crippen molar-refractivity contribution in [3.05, 3.63) is 82.4 Å². The number of carboxylic acids is 1. The van der Waals surface area contributed by atoms with Gasteiger partial charge in [-0.1, -0.05) is 6.07 Å². The molecule has 2 aromatic carbocycles. The zero-order chi connectivity index (χ0) is 33.8. The molecule has 0 bridgehead atoms. The zero-order valence-corrected chi connectivity index (χ0v) is 25.4. The lowest BCUT2D eigenvalue weighted by atomic mass is 9.76. The Hall–Kier alpha value is -3.96. The number of Topliss-reactive ketones (excluding diaryl/α,β-unsaturated/α-hetero) is 1. The summed E-state index contributed by atoms with van der Waals surface area (Å²) in [6, 6.07) is 7.20. The molecule has 1 aromatic heterocycles. The maximum atomic E-state index is 14.0. The van der Waals surface area contributed by atoms with E-state index in [0.717, 1.165) is 31.4 Å². The number of nitrogens with zero attached hydrogens (tertiary/aromatic N) is 1. The number of alkyl halides is 6. The molecule has 0 saturated heterocycles. The highest BCUT2D eigenvalue weighted by Crippen LogP contribution is 2.63. The summed E-state index contributed by atoms with van der Waals surface area (Å²) in [6.07, 6.45) is -4.91. The number of aromatic nitrogens is 1. The fourth-order valence-electron chi connectivity index (χ4n) is 6.60. The molecule has 12 heteroatoms. The SMILES string of the molecule is Cc1cc(F)ccc1-c1cc(C2CCC3(CC2)CC3C(=O)O)ncc1NCC(=O)C(C)(C)c1cc(C(F)(F)F)cc(C(F)(F)F)c1. The van der Waals surface area contributed by atoms with E-state index in [1.54, 1.807) is 13.0 Å². The molecule has 46 heavy (non-hydrogen) atoms. The second-order valence-electron chi connectivity index (χ2n) is 13.0. The van der Waals surface area contributed by atoms with Crippen molar-refractivity contribution < 1.29 is 45.4 Å². The number of carboxylic acid groups (broad SMARTS) is 1. The molecular weight excluding hydrogens is 617 g/mol. The third kappa shape index (κ3) is 6.62. The molecule has 1 unspecified atom stereocenters. The minimum absolute atomic E-state index is 0.0219. The lowest BCUT2D eigenvalue weighted by molar-refractivity contribution is -0.143. The molecule has 2 N–H and O–H groups in total. The second kappa shape index (κ2) is 11.7. The van der Waals surface area contributed by atoms with Gasteiger partial charge in [0.05, 0.1) is 40.9 Å². The number of pyridine rings is 1. The number of anilines is 1. The Kier molecular flexibility index (Phi) is 8.49. The second-order valence-corrected chi connectivity index (χ2v) is 13.0. The van der Waals surface area contributed by atoms with E-state index in [-0.39, 0.29) is 23.3 Å². The summed E-state index contributed by atoms with van der Waals surface area (Å²) in [7, 11) is 0. The van der Waals surface area contributed by atoms with E-state index < -0.39 is 58.6 Å². The Morgan fingerprint density at radius 3 is 2.02 bits per heavy atom. The third-order valence-corrected chi connectivity index (χ3v) is 9.74. The molecule has 5 rings (SSSR count). The summed E-state index contributed by atoms with van der Waals surface area (Å²) in [5.41, 5.74) is -2.36. The van der Waals surface area contributed by atoms with Gasteiger partial charge < -0.3 is 10.4 Å². The van der Waals surface area contributed by atoms with Crippen LogP contribution in [0.4, 0.5) is 36.4 Å². The fourth-order valence-corrected chi connectivity index (χ4v) is 6.60. The summed E-state index contributed by atoms with van der Waals surface area (Å²) in [5, 5.41) is 12.4. The summed E-state index contributed by atoms with van der Waals surface area (Å²) < 4.78 is 95.0. The molecule has 1 heterocycles. The molecule has 2 fully saturated rings. The first-order valence-corrected chi connectivity index (χ1v) is 14.9. The van der Waals surface area contributed by atoms with Gasteiger partial charge >= 0.3 is 18.3 Å². The monoisotopic (exact) mass is 650 g/mol. The van der Waals surface area contributed by atoms with Crippen LogP contribution in [-0.2, 0) is 27.4 Å². The number of hydrogen-bond acceptors (Lipinski definition) is 4. The van der Waals surface area contributed by atoms with E-state index in [1.807, 2.05) is 6.07 Å². The highest BCUT2D eigenvalue weighted by atomic mass is 19.4. The van der Waals surface area contributed by atoms with Crippen LogP contribution >= 0.6 is 0 Å². The lowest BCUT2D eigenvalue weighted by Gasteiger charge is -2.29. The van der Waals surface area contributed by atoms with Crippen LogP contribution in [0.2, 0.25) is 0 Å². The van der Waals surface area contributed by atoms with Gasteiger partial charge in [-0.3, -0.25) is 14.6 Å². The quantitative estimate of drug-likeness (QED) is 0.238. The van der Waals surface area contributed by atoms with Gasteiger partial charge in [0.25, 0.3) is 0 Å². The van der Waals surface area contributed by atoms with Crippen LogP contribution in [0.1, 0.15) is 79.8 Å². The Bertz CT molecular complexity index is 1640. The van der Waals surface area contributed by atoms with Gasteiger partial charge in [-0.15, -0.1) is 0 Å². The number of hydrogen-bond donors (Lipinski definition) is 2. The molecule has 0 aliphatic heterocycles. The van der Waals surface area contributed by atoms with E-state index in [9.17, 15) is 45.4 Å². The molecule has 246 valence electrons. The van der Waals surface area contributed by atoms with Crippen molar-refractivity contribution in [2.24, 2.45) is 11.3 Å². The number of halogens is 7. The lowest BCUT2D eigenvalue weighted by Crippen LogP contribution is -2.35. The molecule has 0 radical (unpaired) electrons. The Labute approximate surface area is 261 Å². The minimum Gasteiger partial charge on any atom is -0.481 e. The standard InChI is InChI=1S/C34H33F7N2O3/c1-18-10-23(35)4-5-24(18)25-14-27(19-6-8-32(9-7-19)15-26(32)30(45)46)42-16-28(25)43-17-29(44)31(2,3)20-11-21(33(36,37)38)13-22(12-20)34(39,40)41/h4-5,10-14,16,19,26,43H,6-9,15,17H2,1-3H3,(H,45,46). The Balaban J connectivity index is 1.42. The predicted octanol–water partition coefficient (Wildman–Crippen LogP) is 8.94. The minimum atomic E-state index is -5.06. The van der Waals surface area contributed by atoms with Crippen molar-refractivity contribution in [1.29, 1.82) is 0 Å². The number of carbonyl (C=O) groups excluding carboxylic acids is 1. The summed E-state index contributed by atoms with van der Waals surface area (Å²) in [4.78, 5) is 29.5. The van der Waals surface area contributed by atoms with Crippen molar-refractivity contribution in [2.45, 2.75) is 76.6 Å². The van der Waals surface area contributed by atoms with E-state index >= 15 is 0 Å². The molecule has 1 atom stereocenters. The molecule has 2 aliphatic rings. The van der Waals surface area contributed by atoms with Crippen molar-refractivity contribution in [3.8, 4) is 11.1 Å². The number of benzene rings is 2. The molecule has 1 spiro atoms. The molecule has 0 amide bonds. The number of nitrogens with one attached hydrogen (secondary N) is 1. The van der Waals surface area contributed by atoms with Gasteiger partial charge in [0, 0.05) is 17.2 Å². The fraction of sp³-hybridized carbons (Fsp3) is 0.441. The van der Waals surface area contributed by atoms with Gasteiger partial charge in [0.1, 0.15) is 5.82 Å². The van der Waals surface area contributed by atoms with Gasteiger partial charge in [-0.05, 0) is 111 Å². The van der Waals surface area contributed by atoms with E-state index in [4.69, 9.17) is 0 Å². The van der Waals surface area contributed by atoms with Gasteiger partial charge in [0.2, 0.25) is 0 Å². The van der Waals surface area contributed by atoms with Crippen molar-refractivity contribution in [1.82, 2.24) is 4.98 Å². The van der Waals surface area contributed by atoms with Gasteiger partial charge in [-0.25, -0.2) is 4.39 Å². The first-order chi connectivity index (χ1) is 21.3. The largest absolute Gasteiger partial charge is 0.481 e. The molecule has 2 saturated carbocycles. The van der Waals surface area contributed by atoms with Crippen LogP contribution in [0.25, 0.3) is 11.1 Å². The van der Waals surface area contributed by atoms with Crippen molar-refractivity contribution in [2.75, 3.05) is 11.9 Å². The average molecular weight is 651 g/mol. The number of aliphatic carboxylic acids is 1. The normalized spacial score (nSPS) is 21.7. The highest BCUT2D eigenvalue weighted by Gasteiger charge is 2.59. The number of aryl methyl sites for hydroxylation is 1. The van der Waals surface area contributed by atoms with Crippen LogP contribution in [-0.4, -0.2) is 28.4 Å². The van der Waals surface area contributed by atoms with Crippen molar-refractivity contribution >= 4 is 17.4 Å². The van der Waals surface area contributed by atoms with Crippen LogP contribution < -0.4 is 5.32 Å². The maximum absolute atomic E-state index is 14.0. The first kappa shape index (κ1) is 33.4. The summed E-state index contributed by atoms with van der Waals surface area (Å²) >= 11 is 0. The van der Waals surface area contributed by atoms with Gasteiger partial charge in [0.15, 0.2) is 5.78 Å². The van der Waals surface area contributed by atoms with E-state index in [1.165, 1.54) is 32.2 Å². The number of carbonyl (C=O) groups is 2. The highest BCUT2D eigenvalue weighted by molar-refractivity contribution is 5.93. The molecule has 2 aliphatic carbocycles. The van der Waals surface area contributed by atoms with Crippen LogP contribution in [0.15, 0.2) is 48.7 Å².